The number of anilines is 1. The number of hydrogen-bond acceptors (Lipinski definition) is 3. The molecule has 16 heavy (non-hydrogen) atoms. The van der Waals surface area contributed by atoms with Crippen LogP contribution in [0, 0.1) is 0 Å². The molecule has 0 aliphatic carbocycles. The summed E-state index contributed by atoms with van der Waals surface area (Å²) in [6.45, 7) is 2.48. The quantitative estimate of drug-likeness (QED) is 0.818. The number of carbonyl (C=O) groups is 1. The number of aliphatic hydroxyl groups excluding tert-OH is 1. The van der Waals surface area contributed by atoms with Gasteiger partial charge in [0, 0.05) is 19.4 Å². The Labute approximate surface area is 95.1 Å². The number of hydrazine groups is 1. The minimum atomic E-state index is -0.687. The summed E-state index contributed by atoms with van der Waals surface area (Å²) in [7, 11) is 0. The van der Waals surface area contributed by atoms with E-state index in [4.69, 9.17) is 0 Å². The first-order valence-electron chi connectivity index (χ1n) is 5.56. The van der Waals surface area contributed by atoms with Crippen molar-refractivity contribution in [1.82, 2.24) is 5.01 Å². The van der Waals surface area contributed by atoms with Gasteiger partial charge in [0.15, 0.2) is 0 Å². The summed E-state index contributed by atoms with van der Waals surface area (Å²) >= 11 is 0. The van der Waals surface area contributed by atoms with Gasteiger partial charge < -0.3 is 5.11 Å². The smallest absolute Gasteiger partial charge is 0.243 e. The average molecular weight is 220 g/mol. The average Bonchev–Trinajstić information content (AvgIpc) is 2.71. The van der Waals surface area contributed by atoms with E-state index in [1.54, 1.807) is 6.92 Å². The van der Waals surface area contributed by atoms with Crippen LogP contribution in [0.25, 0.3) is 0 Å². The van der Waals surface area contributed by atoms with Crippen LogP contribution in [0.1, 0.15) is 19.8 Å². The first-order valence-corrected chi connectivity index (χ1v) is 5.56. The van der Waals surface area contributed by atoms with Crippen molar-refractivity contribution in [2.75, 3.05) is 11.6 Å². The number of para-hydroxylation sites is 1. The molecule has 2 rings (SSSR count). The van der Waals surface area contributed by atoms with Gasteiger partial charge in [-0.3, -0.25) is 9.80 Å². The fourth-order valence-electron chi connectivity index (χ4n) is 1.95. The number of carbonyl (C=O) groups excluding carboxylic acids is 1. The summed E-state index contributed by atoms with van der Waals surface area (Å²) in [4.78, 5) is 11.7. The third-order valence-electron chi connectivity index (χ3n) is 2.75. The van der Waals surface area contributed by atoms with Crippen molar-refractivity contribution in [3.8, 4) is 0 Å². The van der Waals surface area contributed by atoms with Gasteiger partial charge in [-0.05, 0) is 12.1 Å². The summed E-state index contributed by atoms with van der Waals surface area (Å²) in [5.41, 5.74) is 0.945. The van der Waals surface area contributed by atoms with E-state index in [9.17, 15) is 9.90 Å². The highest BCUT2D eigenvalue weighted by atomic mass is 16.3. The standard InChI is InChI=1S/C12H16N2O2/c1-2-11(15)14-12(16)8-9-13(14)10-6-4-3-5-7-10/h3-7,12,16H,2,8-9H2,1H3. The molecule has 1 aromatic carbocycles. The topological polar surface area (TPSA) is 43.8 Å². The number of amides is 1. The molecule has 0 bridgehead atoms. The lowest BCUT2D eigenvalue weighted by Crippen LogP contribution is -2.45. The van der Waals surface area contributed by atoms with Gasteiger partial charge >= 0.3 is 0 Å². The van der Waals surface area contributed by atoms with E-state index in [0.717, 1.165) is 5.69 Å². The van der Waals surface area contributed by atoms with E-state index in [1.165, 1.54) is 5.01 Å². The summed E-state index contributed by atoms with van der Waals surface area (Å²) in [5.74, 6) is -0.0474. The molecule has 1 aliphatic rings. The predicted molar refractivity (Wildman–Crippen MR) is 61.5 cm³/mol. The first-order chi connectivity index (χ1) is 7.74. The zero-order chi connectivity index (χ0) is 11.5. The normalized spacial score (nSPS) is 20.2. The first kappa shape index (κ1) is 11.0. The molecule has 1 heterocycles. The fraction of sp³-hybridized carbons (Fsp3) is 0.417. The molecule has 1 amide bonds. The molecule has 1 atom stereocenters. The Morgan fingerprint density at radius 1 is 1.44 bits per heavy atom. The van der Waals surface area contributed by atoms with Crippen LogP contribution < -0.4 is 5.01 Å². The van der Waals surface area contributed by atoms with Gasteiger partial charge in [-0.25, -0.2) is 5.01 Å². The summed E-state index contributed by atoms with van der Waals surface area (Å²) in [6, 6.07) is 9.66. The molecule has 4 heteroatoms. The largest absolute Gasteiger partial charge is 0.372 e. The minimum absolute atomic E-state index is 0.0474. The van der Waals surface area contributed by atoms with E-state index in [0.29, 0.717) is 19.4 Å². The van der Waals surface area contributed by atoms with Gasteiger partial charge in [-0.1, -0.05) is 25.1 Å². The van der Waals surface area contributed by atoms with E-state index in [-0.39, 0.29) is 5.91 Å². The van der Waals surface area contributed by atoms with Gasteiger partial charge in [0.2, 0.25) is 5.91 Å². The van der Waals surface area contributed by atoms with Gasteiger partial charge in [-0.15, -0.1) is 0 Å². The van der Waals surface area contributed by atoms with Crippen LogP contribution in [-0.2, 0) is 4.79 Å². The lowest BCUT2D eigenvalue weighted by atomic mass is 10.3. The lowest BCUT2D eigenvalue weighted by Gasteiger charge is -2.31. The van der Waals surface area contributed by atoms with Crippen molar-refractivity contribution in [3.05, 3.63) is 30.3 Å². The van der Waals surface area contributed by atoms with Crippen LogP contribution in [0.15, 0.2) is 30.3 Å². The highest BCUT2D eigenvalue weighted by Crippen LogP contribution is 2.24. The maximum Gasteiger partial charge on any atom is 0.243 e. The Hall–Kier alpha value is -1.55. The SMILES string of the molecule is CCC(=O)N1C(O)CCN1c1ccccc1. The molecule has 0 saturated carbocycles. The zero-order valence-corrected chi connectivity index (χ0v) is 9.34. The molecule has 1 unspecified atom stereocenters. The zero-order valence-electron chi connectivity index (χ0n) is 9.34. The minimum Gasteiger partial charge on any atom is -0.372 e. The van der Waals surface area contributed by atoms with Crippen molar-refractivity contribution in [3.63, 3.8) is 0 Å². The van der Waals surface area contributed by atoms with Crippen LogP contribution in [0.2, 0.25) is 0 Å². The molecule has 1 fully saturated rings. The lowest BCUT2D eigenvalue weighted by molar-refractivity contribution is -0.138. The van der Waals surface area contributed by atoms with Crippen LogP contribution >= 0.6 is 0 Å². The van der Waals surface area contributed by atoms with E-state index in [2.05, 4.69) is 0 Å². The second kappa shape index (κ2) is 4.53. The maximum absolute atomic E-state index is 11.7. The van der Waals surface area contributed by atoms with Crippen molar-refractivity contribution >= 4 is 11.6 Å². The predicted octanol–water partition coefficient (Wildman–Crippen LogP) is 1.37. The highest BCUT2D eigenvalue weighted by molar-refractivity contribution is 5.78. The molecule has 0 radical (unpaired) electrons. The Morgan fingerprint density at radius 3 is 2.75 bits per heavy atom. The van der Waals surface area contributed by atoms with E-state index >= 15 is 0 Å². The molecular formula is C12H16N2O2. The molecule has 1 aliphatic heterocycles. The van der Waals surface area contributed by atoms with Crippen LogP contribution in [-0.4, -0.2) is 28.8 Å². The van der Waals surface area contributed by atoms with E-state index < -0.39 is 6.23 Å². The second-order valence-corrected chi connectivity index (χ2v) is 3.82. The third kappa shape index (κ3) is 1.88. The Balaban J connectivity index is 2.24. The third-order valence-corrected chi connectivity index (χ3v) is 2.75. The van der Waals surface area contributed by atoms with Crippen molar-refractivity contribution in [2.45, 2.75) is 26.0 Å². The molecule has 1 saturated heterocycles. The van der Waals surface area contributed by atoms with E-state index in [1.807, 2.05) is 35.3 Å². The van der Waals surface area contributed by atoms with Gasteiger partial charge in [0.05, 0.1) is 5.69 Å². The van der Waals surface area contributed by atoms with Crippen molar-refractivity contribution < 1.29 is 9.90 Å². The number of nitrogens with zero attached hydrogens (tertiary/aromatic N) is 2. The molecular weight excluding hydrogens is 204 g/mol. The highest BCUT2D eigenvalue weighted by Gasteiger charge is 2.33. The molecule has 1 aromatic rings. The van der Waals surface area contributed by atoms with Crippen molar-refractivity contribution in [1.29, 1.82) is 0 Å². The summed E-state index contributed by atoms with van der Waals surface area (Å²) in [6.07, 6.45) is 0.314. The number of rotatable bonds is 2. The van der Waals surface area contributed by atoms with Gasteiger partial charge in [-0.2, -0.15) is 0 Å². The molecule has 1 N–H and O–H groups in total. The van der Waals surface area contributed by atoms with Crippen LogP contribution in [0.4, 0.5) is 5.69 Å². The second-order valence-electron chi connectivity index (χ2n) is 3.82. The number of aliphatic hydroxyl groups is 1. The Kier molecular flexibility index (Phi) is 3.10. The molecule has 86 valence electrons. The number of benzene rings is 1. The molecule has 0 spiro atoms. The maximum atomic E-state index is 11.7. The Morgan fingerprint density at radius 2 is 2.12 bits per heavy atom. The number of hydrogen-bond donors (Lipinski definition) is 1. The van der Waals surface area contributed by atoms with Gasteiger partial charge in [0.25, 0.3) is 0 Å². The monoisotopic (exact) mass is 220 g/mol. The summed E-state index contributed by atoms with van der Waals surface area (Å²) < 4.78 is 0. The fourth-order valence-corrected chi connectivity index (χ4v) is 1.95. The van der Waals surface area contributed by atoms with Crippen molar-refractivity contribution in [2.24, 2.45) is 0 Å². The Bertz CT molecular complexity index is 367. The molecule has 0 aromatic heterocycles. The van der Waals surface area contributed by atoms with Crippen LogP contribution in [0.3, 0.4) is 0 Å². The molecule has 4 nitrogen and oxygen atoms in total. The van der Waals surface area contributed by atoms with Gasteiger partial charge in [0.1, 0.15) is 6.23 Å². The summed E-state index contributed by atoms with van der Waals surface area (Å²) in [5, 5.41) is 13.1. The van der Waals surface area contributed by atoms with Crippen LogP contribution in [0.5, 0.6) is 0 Å².